The van der Waals surface area contributed by atoms with Crippen LogP contribution in [0.5, 0.6) is 5.75 Å². The lowest BCUT2D eigenvalue weighted by atomic mass is 10.1. The first-order valence-electron chi connectivity index (χ1n) is 7.90. The van der Waals surface area contributed by atoms with Crippen molar-refractivity contribution in [1.82, 2.24) is 0 Å². The van der Waals surface area contributed by atoms with Gasteiger partial charge >= 0.3 is 10.1 Å². The first kappa shape index (κ1) is 22.6. The Morgan fingerprint density at radius 2 is 1.32 bits per heavy atom. The van der Waals surface area contributed by atoms with E-state index in [1.807, 2.05) is 0 Å². The van der Waals surface area contributed by atoms with Crippen LogP contribution in [-0.2, 0) is 30.4 Å². The van der Waals surface area contributed by atoms with Crippen molar-refractivity contribution < 1.29 is 43.5 Å². The van der Waals surface area contributed by atoms with Crippen LogP contribution in [0.25, 0.3) is 10.8 Å². The van der Waals surface area contributed by atoms with Crippen molar-refractivity contribution in [2.24, 2.45) is 0 Å². The number of non-ortho nitro benzene ring substituents is 1. The molecule has 31 heavy (non-hydrogen) atoms. The molecule has 0 aliphatic rings. The summed E-state index contributed by atoms with van der Waals surface area (Å²) < 4.78 is 94.5. The van der Waals surface area contributed by atoms with E-state index in [2.05, 4.69) is 0 Å². The molecule has 12 nitrogen and oxygen atoms in total. The van der Waals surface area contributed by atoms with Gasteiger partial charge in [0, 0.05) is 12.1 Å². The molecule has 3 aromatic rings. The van der Waals surface area contributed by atoms with E-state index in [0.717, 1.165) is 54.6 Å². The van der Waals surface area contributed by atoms with E-state index < -0.39 is 61.4 Å². The summed E-state index contributed by atoms with van der Waals surface area (Å²) in [4.78, 5) is 7.87. The van der Waals surface area contributed by atoms with Gasteiger partial charge in [-0.05, 0) is 47.2 Å². The average Bonchev–Trinajstić information content (AvgIpc) is 2.65. The number of nitrogens with zero attached hydrogens (tertiary/aromatic N) is 1. The average molecular weight is 489 g/mol. The van der Waals surface area contributed by atoms with Crippen molar-refractivity contribution in [3.63, 3.8) is 0 Å². The molecule has 0 spiro atoms. The molecule has 0 saturated heterocycles. The van der Waals surface area contributed by atoms with Crippen LogP contribution in [0.1, 0.15) is 0 Å². The first-order valence-corrected chi connectivity index (χ1v) is 12.2. The van der Waals surface area contributed by atoms with E-state index in [1.165, 1.54) is 0 Å². The second-order valence-electron chi connectivity index (χ2n) is 6.05. The molecule has 0 unspecified atom stereocenters. The molecule has 15 heteroatoms. The highest BCUT2D eigenvalue weighted by Crippen LogP contribution is 2.33. The highest BCUT2D eigenvalue weighted by Gasteiger charge is 2.25. The molecule has 0 saturated carbocycles. The number of rotatable bonds is 6. The molecule has 0 fully saturated rings. The Labute approximate surface area is 175 Å². The van der Waals surface area contributed by atoms with Crippen molar-refractivity contribution in [2.45, 2.75) is 14.7 Å². The van der Waals surface area contributed by atoms with E-state index in [-0.39, 0.29) is 10.8 Å². The van der Waals surface area contributed by atoms with Crippen LogP contribution in [-0.4, -0.2) is 39.3 Å². The number of hydrogen-bond donors (Lipinski definition) is 2. The standard InChI is InChI=1S/C16H11NO11S3/c18-17(19)12-2-5-13(6-3-12)31(26,27)28-15-8-10-1-4-14(29(20,21)22)7-11(10)9-16(15)30(23,24)25/h1-9H,(H,20,21,22)(H,23,24,25). The Kier molecular flexibility index (Phi) is 5.49. The molecular formula is C16H11NO11S3. The maximum absolute atomic E-state index is 12.5. The van der Waals surface area contributed by atoms with Gasteiger partial charge in [0.2, 0.25) is 0 Å². The van der Waals surface area contributed by atoms with E-state index in [4.69, 9.17) is 8.74 Å². The third-order valence-corrected chi connectivity index (χ3v) is 6.96. The number of nitro groups is 1. The quantitative estimate of drug-likeness (QED) is 0.222. The third kappa shape index (κ3) is 4.80. The largest absolute Gasteiger partial charge is 0.377 e. The van der Waals surface area contributed by atoms with Crippen LogP contribution in [0.3, 0.4) is 0 Å². The molecule has 0 amide bonds. The van der Waals surface area contributed by atoms with Gasteiger partial charge < -0.3 is 4.18 Å². The topological polar surface area (TPSA) is 195 Å². The minimum absolute atomic E-state index is 0.0668. The molecule has 0 heterocycles. The lowest BCUT2D eigenvalue weighted by Gasteiger charge is -2.12. The molecule has 0 aliphatic heterocycles. The van der Waals surface area contributed by atoms with Gasteiger partial charge in [0.05, 0.1) is 9.82 Å². The molecule has 164 valence electrons. The summed E-state index contributed by atoms with van der Waals surface area (Å²) in [5.41, 5.74) is -0.391. The Morgan fingerprint density at radius 1 is 0.742 bits per heavy atom. The summed E-state index contributed by atoms with van der Waals surface area (Å²) in [5, 5.41) is 10.7. The molecule has 0 atom stereocenters. The lowest BCUT2D eigenvalue weighted by Crippen LogP contribution is -2.12. The molecule has 0 radical (unpaired) electrons. The summed E-state index contributed by atoms with van der Waals surface area (Å²) in [6.45, 7) is 0. The molecule has 0 bridgehead atoms. The second-order valence-corrected chi connectivity index (χ2v) is 10.4. The molecular weight excluding hydrogens is 478 g/mol. The molecule has 2 N–H and O–H groups in total. The van der Waals surface area contributed by atoms with E-state index in [9.17, 15) is 39.9 Å². The van der Waals surface area contributed by atoms with Crippen molar-refractivity contribution in [3.8, 4) is 5.75 Å². The zero-order valence-corrected chi connectivity index (χ0v) is 17.4. The molecule has 3 aromatic carbocycles. The predicted octanol–water partition coefficient (Wildman–Crippen LogP) is 2.01. The summed E-state index contributed by atoms with van der Waals surface area (Å²) in [5.74, 6) is -0.798. The summed E-state index contributed by atoms with van der Waals surface area (Å²) in [6.07, 6.45) is 0. The minimum atomic E-state index is -5.04. The van der Waals surface area contributed by atoms with E-state index >= 15 is 0 Å². The Morgan fingerprint density at radius 3 is 1.84 bits per heavy atom. The minimum Gasteiger partial charge on any atom is -0.377 e. The zero-order chi connectivity index (χ0) is 23.2. The maximum Gasteiger partial charge on any atom is 0.339 e. The van der Waals surface area contributed by atoms with E-state index in [0.29, 0.717) is 0 Å². The van der Waals surface area contributed by atoms with Crippen LogP contribution in [0, 0.1) is 10.1 Å². The fourth-order valence-electron chi connectivity index (χ4n) is 2.56. The summed E-state index contributed by atoms with van der Waals surface area (Å²) in [6, 6.07) is 8.29. The maximum atomic E-state index is 12.5. The fraction of sp³-hybridized carbons (Fsp3) is 0. The van der Waals surface area contributed by atoms with Crippen LogP contribution >= 0.6 is 0 Å². The SMILES string of the molecule is O=[N+]([O-])c1ccc(S(=O)(=O)Oc2cc3ccc(S(=O)(=O)O)cc3cc2S(=O)(=O)O)cc1. The summed E-state index contributed by atoms with van der Waals surface area (Å²) >= 11 is 0. The number of nitro benzene ring substituents is 1. The van der Waals surface area contributed by atoms with Gasteiger partial charge in [-0.3, -0.25) is 19.2 Å². The van der Waals surface area contributed by atoms with Gasteiger partial charge in [0.15, 0.2) is 5.75 Å². The molecule has 0 aromatic heterocycles. The highest BCUT2D eigenvalue weighted by atomic mass is 32.2. The second kappa shape index (κ2) is 7.54. The van der Waals surface area contributed by atoms with Crippen molar-refractivity contribution in [1.29, 1.82) is 0 Å². The number of benzene rings is 3. The zero-order valence-electron chi connectivity index (χ0n) is 14.9. The van der Waals surface area contributed by atoms with Gasteiger partial charge in [0.1, 0.15) is 9.79 Å². The lowest BCUT2D eigenvalue weighted by molar-refractivity contribution is -0.384. The van der Waals surface area contributed by atoms with Crippen LogP contribution < -0.4 is 4.18 Å². The van der Waals surface area contributed by atoms with Gasteiger partial charge in [-0.1, -0.05) is 6.07 Å². The number of fused-ring (bicyclic) bond motifs is 1. The first-order chi connectivity index (χ1) is 14.2. The Hall–Kier alpha value is -3.11. The van der Waals surface area contributed by atoms with Crippen molar-refractivity contribution >= 4 is 46.8 Å². The normalized spacial score (nSPS) is 12.6. The van der Waals surface area contributed by atoms with Gasteiger partial charge in [-0.15, -0.1) is 0 Å². The van der Waals surface area contributed by atoms with Gasteiger partial charge in [-0.2, -0.15) is 25.3 Å². The van der Waals surface area contributed by atoms with Crippen molar-refractivity contribution in [3.05, 3.63) is 64.7 Å². The van der Waals surface area contributed by atoms with Crippen molar-refractivity contribution in [2.75, 3.05) is 0 Å². The Bertz CT molecular complexity index is 1530. The van der Waals surface area contributed by atoms with Crippen LogP contribution in [0.15, 0.2) is 69.3 Å². The summed E-state index contributed by atoms with van der Waals surface area (Å²) in [7, 11) is -14.3. The smallest absolute Gasteiger partial charge is 0.339 e. The number of hydrogen-bond acceptors (Lipinski definition) is 9. The molecule has 3 rings (SSSR count). The van der Waals surface area contributed by atoms with Crippen LogP contribution in [0.4, 0.5) is 5.69 Å². The van der Waals surface area contributed by atoms with Gasteiger partial charge in [0.25, 0.3) is 25.9 Å². The third-order valence-electron chi connectivity index (χ3n) is 3.99. The Balaban J connectivity index is 2.15. The predicted molar refractivity (Wildman–Crippen MR) is 104 cm³/mol. The van der Waals surface area contributed by atoms with Crippen LogP contribution in [0.2, 0.25) is 0 Å². The van der Waals surface area contributed by atoms with Gasteiger partial charge in [-0.25, -0.2) is 0 Å². The molecule has 0 aliphatic carbocycles. The fourth-order valence-corrected chi connectivity index (χ4v) is 4.70. The van der Waals surface area contributed by atoms with E-state index in [1.54, 1.807) is 0 Å². The monoisotopic (exact) mass is 489 g/mol. The highest BCUT2D eigenvalue weighted by molar-refractivity contribution is 7.87.